The predicted octanol–water partition coefficient (Wildman–Crippen LogP) is 3.58. The summed E-state index contributed by atoms with van der Waals surface area (Å²) in [7, 11) is 0. The molecule has 2 unspecified atom stereocenters. The van der Waals surface area contributed by atoms with Gasteiger partial charge in [0.2, 0.25) is 5.91 Å². The minimum atomic E-state index is -3.27. The quantitative estimate of drug-likeness (QED) is 0.542. The van der Waals surface area contributed by atoms with E-state index < -0.39 is 24.5 Å². The Morgan fingerprint density at radius 1 is 1.26 bits per heavy atom. The largest absolute Gasteiger partial charge is 0.490 e. The smallest absolute Gasteiger partial charge is 0.288 e. The number of alkyl halides is 2. The molecule has 2 aliphatic rings. The molecule has 6 nitrogen and oxygen atoms in total. The number of rotatable bonds is 8. The van der Waals surface area contributed by atoms with Crippen LogP contribution in [-0.2, 0) is 23.8 Å². The van der Waals surface area contributed by atoms with Crippen molar-refractivity contribution in [1.29, 1.82) is 0 Å². The highest BCUT2D eigenvalue weighted by Crippen LogP contribution is 2.37. The fourth-order valence-corrected chi connectivity index (χ4v) is 4.58. The summed E-state index contributed by atoms with van der Waals surface area (Å²) < 4.78 is 48.8. The van der Waals surface area contributed by atoms with Crippen LogP contribution in [0.3, 0.4) is 0 Å². The number of aliphatic hydroxyl groups excluding tert-OH is 1. The fraction of sp³-hybridized carbons (Fsp3) is 0.480. The van der Waals surface area contributed by atoms with Crippen molar-refractivity contribution in [3.05, 3.63) is 64.5 Å². The number of hydrogen-bond donors (Lipinski definition) is 3. The minimum absolute atomic E-state index is 0.0798. The zero-order chi connectivity index (χ0) is 24.5. The number of fused-ring (bicyclic) bond motifs is 1. The minimum Gasteiger partial charge on any atom is -0.490 e. The van der Waals surface area contributed by atoms with Crippen molar-refractivity contribution < 1.29 is 27.8 Å². The predicted molar refractivity (Wildman–Crippen MR) is 121 cm³/mol. The van der Waals surface area contributed by atoms with Gasteiger partial charge in [0.05, 0.1) is 24.3 Å². The van der Waals surface area contributed by atoms with Gasteiger partial charge in [0.1, 0.15) is 17.8 Å². The average Bonchev–Trinajstić information content (AvgIpc) is 3.09. The first-order chi connectivity index (χ1) is 16.2. The molecule has 1 amide bonds. The van der Waals surface area contributed by atoms with E-state index in [-0.39, 0.29) is 35.9 Å². The number of hydrogen-bond acceptors (Lipinski definition) is 5. The number of amides is 1. The number of piperidine rings is 1. The van der Waals surface area contributed by atoms with Gasteiger partial charge in [0.25, 0.3) is 5.92 Å². The highest BCUT2D eigenvalue weighted by Gasteiger charge is 2.38. The van der Waals surface area contributed by atoms with Crippen LogP contribution in [0.2, 0.25) is 0 Å². The highest BCUT2D eigenvalue weighted by molar-refractivity contribution is 5.82. The Labute approximate surface area is 197 Å². The molecule has 4 rings (SSSR count). The van der Waals surface area contributed by atoms with Crippen LogP contribution in [0.5, 0.6) is 5.75 Å². The molecule has 0 bridgehead atoms. The van der Waals surface area contributed by atoms with Gasteiger partial charge < -0.3 is 20.5 Å². The lowest BCUT2D eigenvalue weighted by molar-refractivity contribution is -0.133. The van der Waals surface area contributed by atoms with Crippen LogP contribution in [0.15, 0.2) is 36.4 Å². The zero-order valence-corrected chi connectivity index (χ0v) is 19.3. The van der Waals surface area contributed by atoms with E-state index in [2.05, 4.69) is 10.6 Å². The molecule has 9 heteroatoms. The van der Waals surface area contributed by atoms with Crippen LogP contribution in [0.1, 0.15) is 55.2 Å². The Bertz CT molecular complexity index is 1050. The summed E-state index contributed by atoms with van der Waals surface area (Å²) >= 11 is 0. The van der Waals surface area contributed by atoms with Gasteiger partial charge in [0.15, 0.2) is 0 Å². The van der Waals surface area contributed by atoms with E-state index in [1.807, 2.05) is 6.07 Å². The molecule has 2 aromatic rings. The number of aliphatic hydroxyl groups is 1. The Morgan fingerprint density at radius 3 is 2.79 bits per heavy atom. The Morgan fingerprint density at radius 2 is 2.06 bits per heavy atom. The van der Waals surface area contributed by atoms with Gasteiger partial charge in [-0.05, 0) is 55.5 Å². The molecule has 0 aromatic heterocycles. The summed E-state index contributed by atoms with van der Waals surface area (Å²) in [6.07, 6.45) is 0.308. The van der Waals surface area contributed by atoms with Crippen LogP contribution >= 0.6 is 0 Å². The van der Waals surface area contributed by atoms with E-state index in [0.717, 1.165) is 41.3 Å². The number of carbonyl (C=O) groups excluding carboxylic acids is 1. The van der Waals surface area contributed by atoms with E-state index in [9.17, 15) is 23.1 Å². The number of nitrogens with zero attached hydrogens (tertiary/aromatic N) is 1. The first-order valence-electron chi connectivity index (χ1n) is 11.5. The Kier molecular flexibility index (Phi) is 7.16. The molecule has 0 radical (unpaired) electrons. The molecule has 34 heavy (non-hydrogen) atoms. The van der Waals surface area contributed by atoms with Crippen molar-refractivity contribution in [1.82, 2.24) is 15.5 Å². The van der Waals surface area contributed by atoms with Crippen molar-refractivity contribution >= 4 is 5.91 Å². The van der Waals surface area contributed by atoms with Crippen LogP contribution in [0.4, 0.5) is 13.2 Å². The third-order valence-electron chi connectivity index (χ3n) is 6.19. The molecule has 0 saturated carbocycles. The summed E-state index contributed by atoms with van der Waals surface area (Å²) in [5.74, 6) is -4.15. The van der Waals surface area contributed by atoms with Crippen molar-refractivity contribution in [3.8, 4) is 5.75 Å². The average molecular weight is 478 g/mol. The molecule has 1 fully saturated rings. The zero-order valence-electron chi connectivity index (χ0n) is 19.3. The molecule has 3 N–H and O–H groups in total. The van der Waals surface area contributed by atoms with Crippen molar-refractivity contribution in [3.63, 3.8) is 0 Å². The second kappa shape index (κ2) is 9.93. The Balaban J connectivity index is 1.40. The van der Waals surface area contributed by atoms with Crippen molar-refractivity contribution in [2.75, 3.05) is 13.1 Å². The van der Waals surface area contributed by atoms with Crippen LogP contribution in [0, 0.1) is 5.82 Å². The van der Waals surface area contributed by atoms with Gasteiger partial charge in [-0.2, -0.15) is 8.78 Å². The second-order valence-corrected chi connectivity index (χ2v) is 9.14. The normalized spacial score (nSPS) is 21.0. The van der Waals surface area contributed by atoms with Gasteiger partial charge in [-0.25, -0.2) is 4.39 Å². The van der Waals surface area contributed by atoms with Gasteiger partial charge in [0, 0.05) is 25.7 Å². The standard InChI is InChI=1S/C25H30F3N3O3/c1-15(2)34-22-11-18(26)6-8-20(22)25(27,28)14-29-12-16-5-7-19-17(10-16)13-31(24(19)33)21-4-3-9-30-23(21)32/h5-8,10-11,15,21,24,29,33H,3-4,9,12-14H2,1-2H3,(H,30,32). The van der Waals surface area contributed by atoms with Crippen LogP contribution in [0.25, 0.3) is 0 Å². The molecule has 1 saturated heterocycles. The number of nitrogens with one attached hydrogen (secondary N) is 2. The molecule has 184 valence electrons. The summed E-state index contributed by atoms with van der Waals surface area (Å²) in [6.45, 7) is 3.99. The topological polar surface area (TPSA) is 73.8 Å². The maximum absolute atomic E-state index is 14.9. The monoisotopic (exact) mass is 477 g/mol. The lowest BCUT2D eigenvalue weighted by Crippen LogP contribution is -2.49. The van der Waals surface area contributed by atoms with E-state index in [1.165, 1.54) is 0 Å². The van der Waals surface area contributed by atoms with E-state index in [1.54, 1.807) is 30.9 Å². The third kappa shape index (κ3) is 5.21. The first kappa shape index (κ1) is 24.5. The number of benzene rings is 2. The first-order valence-corrected chi connectivity index (χ1v) is 11.5. The van der Waals surface area contributed by atoms with Crippen molar-refractivity contribution in [2.45, 2.75) is 64.1 Å². The molecular formula is C25H30F3N3O3. The van der Waals surface area contributed by atoms with Crippen LogP contribution in [-0.4, -0.2) is 41.1 Å². The lowest BCUT2D eigenvalue weighted by atomic mass is 10.0. The Hall–Kier alpha value is -2.62. The molecule has 0 aliphatic carbocycles. The second-order valence-electron chi connectivity index (χ2n) is 9.14. The van der Waals surface area contributed by atoms with Gasteiger partial charge in [-0.1, -0.05) is 18.2 Å². The maximum Gasteiger partial charge on any atom is 0.288 e. The summed E-state index contributed by atoms with van der Waals surface area (Å²) in [5.41, 5.74) is 2.03. The highest BCUT2D eigenvalue weighted by atomic mass is 19.3. The molecule has 2 aliphatic heterocycles. The lowest BCUT2D eigenvalue weighted by Gasteiger charge is -2.32. The summed E-state index contributed by atoms with van der Waals surface area (Å²) in [5, 5.41) is 16.3. The number of carbonyl (C=O) groups is 1. The van der Waals surface area contributed by atoms with E-state index in [4.69, 9.17) is 4.74 Å². The van der Waals surface area contributed by atoms with E-state index in [0.29, 0.717) is 19.5 Å². The molecule has 0 spiro atoms. The maximum atomic E-state index is 14.9. The number of ether oxygens (including phenoxy) is 1. The fourth-order valence-electron chi connectivity index (χ4n) is 4.58. The van der Waals surface area contributed by atoms with E-state index >= 15 is 0 Å². The van der Waals surface area contributed by atoms with Gasteiger partial charge in [-0.15, -0.1) is 0 Å². The molecular weight excluding hydrogens is 447 g/mol. The molecule has 2 heterocycles. The van der Waals surface area contributed by atoms with Gasteiger partial charge >= 0.3 is 0 Å². The van der Waals surface area contributed by atoms with Crippen LogP contribution < -0.4 is 15.4 Å². The van der Waals surface area contributed by atoms with Gasteiger partial charge in [-0.3, -0.25) is 9.69 Å². The summed E-state index contributed by atoms with van der Waals surface area (Å²) in [6, 6.07) is 8.09. The molecule has 2 aromatic carbocycles. The number of halogens is 3. The third-order valence-corrected chi connectivity index (χ3v) is 6.19. The summed E-state index contributed by atoms with van der Waals surface area (Å²) in [4.78, 5) is 14.0. The SMILES string of the molecule is CC(C)Oc1cc(F)ccc1C(F)(F)CNCc1ccc2c(c1)CN(C1CCCNC1=O)C2O. The van der Waals surface area contributed by atoms with Crippen molar-refractivity contribution in [2.24, 2.45) is 0 Å². The molecule has 2 atom stereocenters.